The van der Waals surface area contributed by atoms with E-state index in [0.29, 0.717) is 11.5 Å². The number of anilines is 1. The summed E-state index contributed by atoms with van der Waals surface area (Å²) in [6.45, 7) is 0. The number of hydrogen-bond donors (Lipinski definition) is 1. The maximum absolute atomic E-state index is 13.3. The molecule has 2 rings (SSSR count). The second kappa shape index (κ2) is 6.01. The molecule has 0 saturated heterocycles. The third kappa shape index (κ3) is 2.92. The standard InChI is InChI=1S/C15H13ClFNO3/c1-20-13-6-9(11(16)7-14(13)21-2)15(19)10-5-8(17)3-4-12(10)18/h3-7H,18H2,1-2H3. The molecule has 4 nitrogen and oxygen atoms in total. The molecule has 2 aromatic carbocycles. The first-order chi connectivity index (χ1) is 9.97. The van der Waals surface area contributed by atoms with Crippen LogP contribution in [0.15, 0.2) is 30.3 Å². The van der Waals surface area contributed by atoms with Gasteiger partial charge < -0.3 is 15.2 Å². The van der Waals surface area contributed by atoms with Gasteiger partial charge in [-0.2, -0.15) is 0 Å². The van der Waals surface area contributed by atoms with E-state index in [1.54, 1.807) is 0 Å². The molecule has 0 unspecified atom stereocenters. The van der Waals surface area contributed by atoms with E-state index in [2.05, 4.69) is 0 Å². The summed E-state index contributed by atoms with van der Waals surface area (Å²) in [4.78, 5) is 12.5. The Kier molecular flexibility index (Phi) is 4.33. The van der Waals surface area contributed by atoms with Crippen LogP contribution < -0.4 is 15.2 Å². The van der Waals surface area contributed by atoms with E-state index in [-0.39, 0.29) is 21.8 Å². The second-order valence-electron chi connectivity index (χ2n) is 4.25. The molecule has 0 heterocycles. The first kappa shape index (κ1) is 15.1. The molecule has 0 spiro atoms. The van der Waals surface area contributed by atoms with Crippen molar-refractivity contribution in [1.82, 2.24) is 0 Å². The highest BCUT2D eigenvalue weighted by Crippen LogP contribution is 2.34. The van der Waals surface area contributed by atoms with E-state index >= 15 is 0 Å². The van der Waals surface area contributed by atoms with Gasteiger partial charge >= 0.3 is 0 Å². The van der Waals surface area contributed by atoms with Gasteiger partial charge in [0.2, 0.25) is 0 Å². The van der Waals surface area contributed by atoms with Gasteiger partial charge in [-0.15, -0.1) is 0 Å². The number of methoxy groups -OCH3 is 2. The van der Waals surface area contributed by atoms with Gasteiger partial charge in [-0.1, -0.05) is 11.6 Å². The van der Waals surface area contributed by atoms with Crippen LogP contribution in [0, 0.1) is 5.82 Å². The van der Waals surface area contributed by atoms with E-state index in [0.717, 1.165) is 6.07 Å². The lowest BCUT2D eigenvalue weighted by atomic mass is 10.0. The third-order valence-electron chi connectivity index (χ3n) is 2.98. The normalized spacial score (nSPS) is 10.3. The van der Waals surface area contributed by atoms with Crippen LogP contribution in [0.3, 0.4) is 0 Å². The number of rotatable bonds is 4. The molecule has 0 fully saturated rings. The van der Waals surface area contributed by atoms with Crippen molar-refractivity contribution in [1.29, 1.82) is 0 Å². The van der Waals surface area contributed by atoms with Gasteiger partial charge in [0.15, 0.2) is 17.3 Å². The Morgan fingerprint density at radius 3 is 2.33 bits per heavy atom. The maximum atomic E-state index is 13.3. The quantitative estimate of drug-likeness (QED) is 0.695. The minimum absolute atomic E-state index is 0.0455. The van der Waals surface area contributed by atoms with Gasteiger partial charge in [-0.3, -0.25) is 4.79 Å². The summed E-state index contributed by atoms with van der Waals surface area (Å²) in [5, 5.41) is 0.168. The predicted molar refractivity (Wildman–Crippen MR) is 78.8 cm³/mol. The highest BCUT2D eigenvalue weighted by atomic mass is 35.5. The Morgan fingerprint density at radius 1 is 1.10 bits per heavy atom. The molecule has 0 aliphatic carbocycles. The van der Waals surface area contributed by atoms with Crippen molar-refractivity contribution in [3.63, 3.8) is 0 Å². The minimum Gasteiger partial charge on any atom is -0.493 e. The molecule has 0 aliphatic heterocycles. The third-order valence-corrected chi connectivity index (χ3v) is 3.29. The van der Waals surface area contributed by atoms with Crippen LogP contribution in [0.25, 0.3) is 0 Å². The van der Waals surface area contributed by atoms with Gasteiger partial charge in [0.05, 0.1) is 19.2 Å². The van der Waals surface area contributed by atoms with Crippen molar-refractivity contribution in [2.24, 2.45) is 0 Å². The van der Waals surface area contributed by atoms with E-state index < -0.39 is 11.6 Å². The summed E-state index contributed by atoms with van der Waals surface area (Å²) in [7, 11) is 2.90. The van der Waals surface area contributed by atoms with E-state index in [4.69, 9.17) is 26.8 Å². The van der Waals surface area contributed by atoms with Gasteiger partial charge in [-0.25, -0.2) is 4.39 Å². The first-order valence-electron chi connectivity index (χ1n) is 5.99. The van der Waals surface area contributed by atoms with E-state index in [1.165, 1.54) is 38.5 Å². The van der Waals surface area contributed by atoms with Crippen molar-refractivity contribution in [2.75, 3.05) is 20.0 Å². The zero-order valence-corrected chi connectivity index (χ0v) is 12.2. The number of ether oxygens (including phenoxy) is 2. The molecular weight excluding hydrogens is 297 g/mol. The Labute approximate surface area is 126 Å². The molecule has 0 bridgehead atoms. The Balaban J connectivity index is 2.55. The van der Waals surface area contributed by atoms with Crippen molar-refractivity contribution >= 4 is 23.1 Å². The van der Waals surface area contributed by atoms with Crippen LogP contribution in [-0.4, -0.2) is 20.0 Å². The largest absolute Gasteiger partial charge is 0.493 e. The highest BCUT2D eigenvalue weighted by Gasteiger charge is 2.19. The summed E-state index contributed by atoms with van der Waals surface area (Å²) < 4.78 is 23.5. The maximum Gasteiger partial charge on any atom is 0.196 e. The van der Waals surface area contributed by atoms with Crippen LogP contribution in [0.5, 0.6) is 11.5 Å². The topological polar surface area (TPSA) is 61.5 Å². The lowest BCUT2D eigenvalue weighted by Gasteiger charge is -2.12. The predicted octanol–water partition coefficient (Wildman–Crippen LogP) is 3.31. The van der Waals surface area contributed by atoms with Gasteiger partial charge in [0.25, 0.3) is 0 Å². The van der Waals surface area contributed by atoms with Crippen LogP contribution in [0.1, 0.15) is 15.9 Å². The second-order valence-corrected chi connectivity index (χ2v) is 4.65. The summed E-state index contributed by atoms with van der Waals surface area (Å²) >= 11 is 6.08. The number of nitrogen functional groups attached to an aromatic ring is 1. The molecule has 0 aliphatic rings. The van der Waals surface area contributed by atoms with Crippen LogP contribution in [0.4, 0.5) is 10.1 Å². The number of carbonyl (C=O) groups excluding carboxylic acids is 1. The molecule has 0 radical (unpaired) electrons. The molecule has 2 N–H and O–H groups in total. The molecule has 0 saturated carbocycles. The van der Waals surface area contributed by atoms with E-state index in [9.17, 15) is 9.18 Å². The summed E-state index contributed by atoms with van der Waals surface area (Å²) in [5.41, 5.74) is 6.10. The fraction of sp³-hybridized carbons (Fsp3) is 0.133. The van der Waals surface area contributed by atoms with Gasteiger partial charge in [0, 0.05) is 22.9 Å². The van der Waals surface area contributed by atoms with Crippen LogP contribution in [-0.2, 0) is 0 Å². The average Bonchev–Trinajstić information content (AvgIpc) is 2.48. The molecular formula is C15H13ClFNO3. The zero-order chi connectivity index (χ0) is 15.6. The first-order valence-corrected chi connectivity index (χ1v) is 6.37. The van der Waals surface area contributed by atoms with E-state index in [1.807, 2.05) is 0 Å². The van der Waals surface area contributed by atoms with Crippen molar-refractivity contribution < 1.29 is 18.7 Å². The molecule has 0 amide bonds. The average molecular weight is 310 g/mol. The van der Waals surface area contributed by atoms with Crippen molar-refractivity contribution in [3.05, 3.63) is 52.3 Å². The number of benzene rings is 2. The van der Waals surface area contributed by atoms with Crippen LogP contribution >= 0.6 is 11.6 Å². The number of carbonyl (C=O) groups is 1. The molecule has 0 atom stereocenters. The van der Waals surface area contributed by atoms with Crippen molar-refractivity contribution in [2.45, 2.75) is 0 Å². The summed E-state index contributed by atoms with van der Waals surface area (Å²) in [5.74, 6) is -0.298. The number of hydrogen-bond acceptors (Lipinski definition) is 4. The summed E-state index contributed by atoms with van der Waals surface area (Å²) in [6, 6.07) is 6.49. The fourth-order valence-electron chi connectivity index (χ4n) is 1.90. The highest BCUT2D eigenvalue weighted by molar-refractivity contribution is 6.35. The number of halogens is 2. The minimum atomic E-state index is -0.552. The van der Waals surface area contributed by atoms with Crippen molar-refractivity contribution in [3.8, 4) is 11.5 Å². The number of nitrogens with two attached hydrogens (primary N) is 1. The molecule has 21 heavy (non-hydrogen) atoms. The zero-order valence-electron chi connectivity index (χ0n) is 11.4. The smallest absolute Gasteiger partial charge is 0.196 e. The lowest BCUT2D eigenvalue weighted by molar-refractivity contribution is 0.103. The molecule has 6 heteroatoms. The Bertz CT molecular complexity index is 704. The lowest BCUT2D eigenvalue weighted by Crippen LogP contribution is -2.07. The SMILES string of the molecule is COc1cc(Cl)c(C(=O)c2cc(F)ccc2N)cc1OC. The summed E-state index contributed by atoms with van der Waals surface area (Å²) in [6.07, 6.45) is 0. The molecule has 0 aromatic heterocycles. The van der Waals surface area contributed by atoms with Crippen LogP contribution in [0.2, 0.25) is 5.02 Å². The van der Waals surface area contributed by atoms with Gasteiger partial charge in [0.1, 0.15) is 5.82 Å². The molecule has 110 valence electrons. The monoisotopic (exact) mass is 309 g/mol. The Morgan fingerprint density at radius 2 is 1.71 bits per heavy atom. The van der Waals surface area contributed by atoms with Gasteiger partial charge in [-0.05, 0) is 24.3 Å². The number of ketones is 1. The fourth-order valence-corrected chi connectivity index (χ4v) is 2.14. The Hall–Kier alpha value is -2.27. The molecule has 2 aromatic rings.